The fourth-order valence-electron chi connectivity index (χ4n) is 5.16. The van der Waals surface area contributed by atoms with Gasteiger partial charge in [-0.2, -0.15) is 4.31 Å². The normalized spacial score (nSPS) is 12.1. The Bertz CT molecular complexity index is 596. The Hall–Kier alpha value is 1.90. The molecule has 42 heavy (non-hydrogen) atoms. The van der Waals surface area contributed by atoms with E-state index in [4.69, 9.17) is 18.8 Å². The van der Waals surface area contributed by atoms with Crippen molar-refractivity contribution in [2.45, 2.75) is 194 Å². The van der Waals surface area contributed by atoms with Crippen LogP contribution in [0.4, 0.5) is 0 Å². The molecule has 7 nitrogen and oxygen atoms in total. The van der Waals surface area contributed by atoms with Gasteiger partial charge in [0, 0.05) is 0 Å². The van der Waals surface area contributed by atoms with Crippen molar-refractivity contribution in [2.75, 3.05) is 13.2 Å². The number of phosphoric acid groups is 2. The van der Waals surface area contributed by atoms with Gasteiger partial charge in [0.1, 0.15) is 0 Å². The molecular formula is C32H69KO7P2. The summed E-state index contributed by atoms with van der Waals surface area (Å²) >= 11 is 0. The number of hydrogen-bond donors (Lipinski definition) is 2. The summed E-state index contributed by atoms with van der Waals surface area (Å²) in [6.45, 7) is 4.72. The first-order chi connectivity index (χ1) is 19.8. The topological polar surface area (TPSA) is 102 Å². The molecule has 0 aliphatic rings. The molecule has 0 amide bonds. The van der Waals surface area contributed by atoms with E-state index in [9.17, 15) is 9.13 Å². The molecule has 0 saturated carbocycles. The Morgan fingerprint density at radius 1 is 0.405 bits per heavy atom. The van der Waals surface area contributed by atoms with Crippen LogP contribution in [0.2, 0.25) is 0 Å². The van der Waals surface area contributed by atoms with Crippen molar-refractivity contribution in [1.29, 1.82) is 0 Å². The fraction of sp³-hybridized carbons (Fsp3) is 1.00. The van der Waals surface area contributed by atoms with E-state index < -0.39 is 15.6 Å². The van der Waals surface area contributed by atoms with Crippen molar-refractivity contribution in [2.24, 2.45) is 0 Å². The Kier molecular flexibility index (Phi) is 37.5. The first-order valence-electron chi connectivity index (χ1n) is 17.5. The van der Waals surface area contributed by atoms with E-state index in [2.05, 4.69) is 18.2 Å². The Morgan fingerprint density at radius 3 is 0.833 bits per heavy atom. The maximum atomic E-state index is 12.7. The van der Waals surface area contributed by atoms with E-state index in [0.29, 0.717) is 12.8 Å². The molecule has 0 rings (SSSR count). The molecule has 0 aliphatic heterocycles. The number of rotatable bonds is 34. The predicted molar refractivity (Wildman–Crippen MR) is 180 cm³/mol. The third-order valence-corrected chi connectivity index (χ3v) is 10.3. The second-order valence-corrected chi connectivity index (χ2v) is 14.9. The van der Waals surface area contributed by atoms with Crippen LogP contribution in [0.3, 0.4) is 0 Å². The van der Waals surface area contributed by atoms with Gasteiger partial charge in [-0.25, -0.2) is 9.13 Å². The molecule has 0 saturated heterocycles. The number of unbranched alkanes of at least 4 members (excludes halogenated alkanes) is 26. The zero-order valence-corrected chi connectivity index (χ0v) is 28.8. The first-order valence-corrected chi connectivity index (χ1v) is 20.5. The van der Waals surface area contributed by atoms with Crippen LogP contribution < -0.4 is 0 Å². The minimum atomic E-state index is -4.98. The van der Waals surface area contributed by atoms with Gasteiger partial charge in [0.15, 0.2) is 0 Å². The van der Waals surface area contributed by atoms with Gasteiger partial charge in [0.2, 0.25) is 0 Å². The van der Waals surface area contributed by atoms with Crippen LogP contribution in [0.1, 0.15) is 194 Å². The first kappa shape index (κ1) is 46.0. The van der Waals surface area contributed by atoms with E-state index in [-0.39, 0.29) is 64.6 Å². The number of phosphoric ester groups is 1. The van der Waals surface area contributed by atoms with Crippen LogP contribution in [-0.2, 0) is 22.5 Å². The van der Waals surface area contributed by atoms with Gasteiger partial charge in [-0.3, -0.25) is 9.05 Å². The average Bonchev–Trinajstić information content (AvgIpc) is 2.92. The van der Waals surface area contributed by atoms with E-state index >= 15 is 0 Å². The molecule has 0 aromatic rings. The van der Waals surface area contributed by atoms with Gasteiger partial charge in [-0.05, 0) is 12.8 Å². The van der Waals surface area contributed by atoms with Crippen LogP contribution >= 0.6 is 15.6 Å². The predicted octanol–water partition coefficient (Wildman–Crippen LogP) is 11.6. The molecule has 0 heterocycles. The van der Waals surface area contributed by atoms with Crippen molar-refractivity contribution >= 4 is 67.0 Å². The van der Waals surface area contributed by atoms with Crippen LogP contribution in [-0.4, -0.2) is 74.4 Å². The monoisotopic (exact) mass is 666 g/mol. The Labute approximate surface area is 303 Å². The van der Waals surface area contributed by atoms with E-state index in [0.717, 1.165) is 25.7 Å². The van der Waals surface area contributed by atoms with Crippen molar-refractivity contribution in [3.63, 3.8) is 0 Å². The second-order valence-electron chi connectivity index (χ2n) is 11.9. The molecule has 0 spiro atoms. The van der Waals surface area contributed by atoms with Crippen LogP contribution in [0, 0.1) is 0 Å². The van der Waals surface area contributed by atoms with Crippen molar-refractivity contribution < 1.29 is 32.3 Å². The quantitative estimate of drug-likeness (QED) is 0.0400. The van der Waals surface area contributed by atoms with E-state index in [1.54, 1.807) is 0 Å². The number of hydrogen-bond acceptors (Lipinski definition) is 5. The summed E-state index contributed by atoms with van der Waals surface area (Å²) in [5.74, 6) is 0. The third-order valence-electron chi connectivity index (χ3n) is 7.70. The van der Waals surface area contributed by atoms with Crippen molar-refractivity contribution in [3.8, 4) is 0 Å². The zero-order valence-electron chi connectivity index (χ0n) is 27.0. The minimum absolute atomic E-state index is 0. The van der Waals surface area contributed by atoms with Crippen LogP contribution in [0.15, 0.2) is 0 Å². The molecule has 0 radical (unpaired) electrons. The summed E-state index contributed by atoms with van der Waals surface area (Å²) in [5, 5.41) is 0. The maximum absolute atomic E-state index is 12.7. The average molecular weight is 667 g/mol. The molecule has 250 valence electrons. The molecule has 0 atom stereocenters. The van der Waals surface area contributed by atoms with Gasteiger partial charge in [0.25, 0.3) is 0 Å². The molecule has 0 aliphatic carbocycles. The van der Waals surface area contributed by atoms with E-state index in [1.165, 1.54) is 141 Å². The molecule has 0 aromatic carbocycles. The second kappa shape index (κ2) is 34.2. The van der Waals surface area contributed by atoms with E-state index in [1.807, 2.05) is 0 Å². The van der Waals surface area contributed by atoms with Gasteiger partial charge in [-0.1, -0.05) is 181 Å². The Morgan fingerprint density at radius 2 is 0.619 bits per heavy atom. The summed E-state index contributed by atoms with van der Waals surface area (Å²) < 4.78 is 39.0. The summed E-state index contributed by atoms with van der Waals surface area (Å²) in [4.78, 5) is 18.3. The van der Waals surface area contributed by atoms with Gasteiger partial charge in [0.05, 0.1) is 13.2 Å². The third kappa shape index (κ3) is 36.4. The summed E-state index contributed by atoms with van der Waals surface area (Å²) in [5.41, 5.74) is 0. The SMILES string of the molecule is CCCCCCCCCCCCCCCCOP(=O)(OCCCCCCCCCCCCCCCC)OP(=O)(O)O.[KH]. The summed E-state index contributed by atoms with van der Waals surface area (Å²) in [6, 6.07) is 0. The molecule has 2 N–H and O–H groups in total. The molecule has 0 bridgehead atoms. The standard InChI is InChI=1S/C32H68O7P2.K.H/c1-3-5-7-9-11-13-15-17-19-21-23-25-27-29-31-37-41(36,39-40(33,34)35)38-32-30-28-26-24-22-20-18-16-14-12-10-8-6-4-2;;/h3-32H2,1-2H3,(H2,33,34,35);;. The zero-order chi connectivity index (χ0) is 30.3. The molecular weight excluding hydrogens is 597 g/mol. The molecule has 0 aromatic heterocycles. The summed E-state index contributed by atoms with van der Waals surface area (Å²) in [7, 11) is -9.26. The van der Waals surface area contributed by atoms with Crippen molar-refractivity contribution in [3.05, 3.63) is 0 Å². The van der Waals surface area contributed by atoms with Crippen LogP contribution in [0.25, 0.3) is 0 Å². The van der Waals surface area contributed by atoms with Gasteiger partial charge >= 0.3 is 67.0 Å². The summed E-state index contributed by atoms with van der Waals surface area (Å²) in [6.07, 6.45) is 34.3. The van der Waals surface area contributed by atoms with Crippen LogP contribution in [0.5, 0.6) is 0 Å². The molecule has 0 unspecified atom stereocenters. The van der Waals surface area contributed by atoms with Crippen molar-refractivity contribution in [1.82, 2.24) is 0 Å². The van der Waals surface area contributed by atoms with Gasteiger partial charge in [-0.15, -0.1) is 0 Å². The Balaban J connectivity index is 0. The molecule has 10 heteroatoms. The fourth-order valence-corrected chi connectivity index (χ4v) is 7.36. The molecule has 0 fully saturated rings. The van der Waals surface area contributed by atoms with Gasteiger partial charge < -0.3 is 9.79 Å².